The molecule has 0 atom stereocenters. The lowest BCUT2D eigenvalue weighted by molar-refractivity contribution is 0.112. The smallest absolute Gasteiger partial charge is 0.149 e. The molecule has 6 N–H and O–H groups in total. The molecule has 126 valence electrons. The fraction of sp³-hybridized carbons (Fsp3) is 0.667. The monoisotopic (exact) mass is 310 g/mol. The van der Waals surface area contributed by atoms with Crippen LogP contribution in [0.4, 0.5) is 17.2 Å². The Balaban J connectivity index is 2.01. The minimum absolute atomic E-state index is 0.576. The summed E-state index contributed by atoms with van der Waals surface area (Å²) in [6.45, 7) is 8.29. The van der Waals surface area contributed by atoms with E-state index in [1.165, 1.54) is 0 Å². The van der Waals surface area contributed by atoms with Crippen LogP contribution in [0.2, 0.25) is 0 Å². The molecule has 1 rings (SSSR count). The Kier molecular flexibility index (Phi) is 9.29. The van der Waals surface area contributed by atoms with Gasteiger partial charge in [-0.2, -0.15) is 0 Å². The molecule has 7 nitrogen and oxygen atoms in total. The van der Waals surface area contributed by atoms with Crippen LogP contribution in [-0.2, 0) is 4.74 Å². The van der Waals surface area contributed by atoms with Crippen LogP contribution < -0.4 is 22.1 Å². The second-order valence-electron chi connectivity index (χ2n) is 5.30. The number of aromatic nitrogens is 1. The highest BCUT2D eigenvalue weighted by Gasteiger charge is 2.00. The third-order valence-electron chi connectivity index (χ3n) is 3.17. The van der Waals surface area contributed by atoms with Crippen LogP contribution in [0, 0.1) is 0 Å². The lowest BCUT2D eigenvalue weighted by Crippen LogP contribution is -2.33. The zero-order valence-corrected chi connectivity index (χ0v) is 13.8. The zero-order valence-electron chi connectivity index (χ0n) is 13.8. The lowest BCUT2D eigenvalue weighted by Gasteiger charge is -2.17. The van der Waals surface area contributed by atoms with Crippen molar-refractivity contribution in [2.24, 2.45) is 0 Å². The van der Waals surface area contributed by atoms with E-state index in [2.05, 4.69) is 34.5 Å². The average molecular weight is 310 g/mol. The SMILES string of the molecule is CCCOCCN(C)CCNCCNc1ncc(N)cc1N. The average Bonchev–Trinajstić information content (AvgIpc) is 2.49. The van der Waals surface area contributed by atoms with Crippen molar-refractivity contribution in [2.75, 3.05) is 69.8 Å². The van der Waals surface area contributed by atoms with E-state index >= 15 is 0 Å². The van der Waals surface area contributed by atoms with Gasteiger partial charge in [0.1, 0.15) is 5.82 Å². The summed E-state index contributed by atoms with van der Waals surface area (Å²) in [4.78, 5) is 6.42. The summed E-state index contributed by atoms with van der Waals surface area (Å²) in [5.41, 5.74) is 12.6. The minimum atomic E-state index is 0.576. The highest BCUT2D eigenvalue weighted by molar-refractivity contribution is 5.65. The molecule has 0 spiro atoms. The van der Waals surface area contributed by atoms with Gasteiger partial charge in [0.15, 0.2) is 0 Å². The van der Waals surface area contributed by atoms with Crippen LogP contribution in [0.15, 0.2) is 12.3 Å². The third kappa shape index (κ3) is 8.02. The summed E-state index contributed by atoms with van der Waals surface area (Å²) < 4.78 is 5.47. The highest BCUT2D eigenvalue weighted by Crippen LogP contribution is 2.16. The Morgan fingerprint density at radius 1 is 1.18 bits per heavy atom. The fourth-order valence-electron chi connectivity index (χ4n) is 1.89. The van der Waals surface area contributed by atoms with Gasteiger partial charge >= 0.3 is 0 Å². The van der Waals surface area contributed by atoms with E-state index in [9.17, 15) is 0 Å². The molecule has 0 aromatic carbocycles. The van der Waals surface area contributed by atoms with Gasteiger partial charge in [0.2, 0.25) is 0 Å². The predicted molar refractivity (Wildman–Crippen MR) is 93.0 cm³/mol. The van der Waals surface area contributed by atoms with E-state index in [1.807, 2.05) is 0 Å². The molecule has 0 aliphatic rings. The first-order chi connectivity index (χ1) is 10.6. The number of hydrogen-bond donors (Lipinski definition) is 4. The summed E-state index contributed by atoms with van der Waals surface area (Å²) >= 11 is 0. The van der Waals surface area contributed by atoms with Crippen molar-refractivity contribution >= 4 is 17.2 Å². The third-order valence-corrected chi connectivity index (χ3v) is 3.17. The second kappa shape index (κ2) is 11.1. The van der Waals surface area contributed by atoms with Crippen molar-refractivity contribution in [1.82, 2.24) is 15.2 Å². The molecular weight excluding hydrogens is 280 g/mol. The van der Waals surface area contributed by atoms with E-state index in [0.717, 1.165) is 52.4 Å². The maximum atomic E-state index is 5.83. The van der Waals surface area contributed by atoms with Gasteiger partial charge < -0.3 is 31.7 Å². The molecule has 0 radical (unpaired) electrons. The Morgan fingerprint density at radius 3 is 2.73 bits per heavy atom. The summed E-state index contributed by atoms with van der Waals surface area (Å²) in [7, 11) is 2.11. The quantitative estimate of drug-likeness (QED) is 0.419. The molecule has 1 heterocycles. The van der Waals surface area contributed by atoms with E-state index < -0.39 is 0 Å². The van der Waals surface area contributed by atoms with Crippen LogP contribution in [0.3, 0.4) is 0 Å². The minimum Gasteiger partial charge on any atom is -0.397 e. The fourth-order valence-corrected chi connectivity index (χ4v) is 1.89. The Labute approximate surface area is 133 Å². The second-order valence-corrected chi connectivity index (χ2v) is 5.30. The first kappa shape index (κ1) is 18.5. The van der Waals surface area contributed by atoms with Crippen molar-refractivity contribution in [3.05, 3.63) is 12.3 Å². The number of likely N-dealkylation sites (N-methyl/N-ethyl adjacent to an activating group) is 1. The standard InChI is InChI=1S/C15H30N6O/c1-3-9-22-10-8-21(2)7-6-18-4-5-19-15-14(17)11-13(16)12-20-15/h11-12,18H,3-10,16-17H2,1-2H3,(H,19,20). The number of pyridine rings is 1. The number of anilines is 3. The van der Waals surface area contributed by atoms with E-state index in [-0.39, 0.29) is 0 Å². The van der Waals surface area contributed by atoms with Crippen LogP contribution in [-0.4, -0.2) is 62.9 Å². The number of hydrogen-bond acceptors (Lipinski definition) is 7. The summed E-state index contributed by atoms with van der Waals surface area (Å²) in [6.07, 6.45) is 2.67. The Hall–Kier alpha value is -1.57. The molecular formula is C15H30N6O. The van der Waals surface area contributed by atoms with Crippen LogP contribution in [0.5, 0.6) is 0 Å². The Bertz CT molecular complexity index is 415. The van der Waals surface area contributed by atoms with Crippen molar-refractivity contribution < 1.29 is 4.74 Å². The highest BCUT2D eigenvalue weighted by atomic mass is 16.5. The molecule has 0 aliphatic carbocycles. The summed E-state index contributed by atoms with van der Waals surface area (Å²) in [5.74, 6) is 0.682. The van der Waals surface area contributed by atoms with Crippen LogP contribution in [0.25, 0.3) is 0 Å². The largest absolute Gasteiger partial charge is 0.397 e. The molecule has 0 amide bonds. The molecule has 0 aliphatic heterocycles. The van der Waals surface area contributed by atoms with Gasteiger partial charge in [-0.25, -0.2) is 4.98 Å². The first-order valence-electron chi connectivity index (χ1n) is 7.85. The zero-order chi connectivity index (χ0) is 16.2. The van der Waals surface area contributed by atoms with Gasteiger partial charge in [-0.05, 0) is 19.5 Å². The molecule has 1 aromatic rings. The van der Waals surface area contributed by atoms with Crippen molar-refractivity contribution in [3.8, 4) is 0 Å². The van der Waals surface area contributed by atoms with Gasteiger partial charge in [-0.15, -0.1) is 0 Å². The van der Waals surface area contributed by atoms with Gasteiger partial charge in [0.25, 0.3) is 0 Å². The number of nitrogens with one attached hydrogen (secondary N) is 2. The lowest BCUT2D eigenvalue weighted by atomic mass is 10.3. The van der Waals surface area contributed by atoms with Crippen LogP contribution in [0.1, 0.15) is 13.3 Å². The molecule has 7 heteroatoms. The maximum absolute atomic E-state index is 5.83. The first-order valence-corrected chi connectivity index (χ1v) is 7.85. The molecule has 0 saturated heterocycles. The van der Waals surface area contributed by atoms with Gasteiger partial charge in [-0.3, -0.25) is 0 Å². The molecule has 22 heavy (non-hydrogen) atoms. The number of nitrogen functional groups attached to an aromatic ring is 2. The number of rotatable bonds is 12. The van der Waals surface area contributed by atoms with Gasteiger partial charge in [0, 0.05) is 39.3 Å². The molecule has 0 unspecified atom stereocenters. The number of nitrogens with zero attached hydrogens (tertiary/aromatic N) is 2. The molecule has 0 saturated carbocycles. The van der Waals surface area contributed by atoms with Crippen molar-refractivity contribution in [1.29, 1.82) is 0 Å². The molecule has 1 aromatic heterocycles. The van der Waals surface area contributed by atoms with Crippen LogP contribution >= 0.6 is 0 Å². The van der Waals surface area contributed by atoms with Crippen molar-refractivity contribution in [2.45, 2.75) is 13.3 Å². The van der Waals surface area contributed by atoms with Crippen molar-refractivity contribution in [3.63, 3.8) is 0 Å². The Morgan fingerprint density at radius 2 is 2.00 bits per heavy atom. The van der Waals surface area contributed by atoms with E-state index in [0.29, 0.717) is 17.2 Å². The van der Waals surface area contributed by atoms with E-state index in [4.69, 9.17) is 16.2 Å². The predicted octanol–water partition coefficient (Wildman–Crippen LogP) is 0.606. The summed E-state index contributed by atoms with van der Waals surface area (Å²) in [6, 6.07) is 1.71. The normalized spacial score (nSPS) is 11.0. The van der Waals surface area contributed by atoms with E-state index in [1.54, 1.807) is 12.3 Å². The maximum Gasteiger partial charge on any atom is 0.149 e. The number of ether oxygens (including phenoxy) is 1. The number of nitrogens with two attached hydrogens (primary N) is 2. The molecule has 0 bridgehead atoms. The topological polar surface area (TPSA) is 101 Å². The van der Waals surface area contributed by atoms with Gasteiger partial charge in [0.05, 0.1) is 24.2 Å². The summed E-state index contributed by atoms with van der Waals surface area (Å²) in [5, 5.41) is 6.57. The van der Waals surface area contributed by atoms with Gasteiger partial charge in [-0.1, -0.05) is 6.92 Å². The molecule has 0 fully saturated rings.